The van der Waals surface area contributed by atoms with Gasteiger partial charge in [-0.25, -0.2) is 4.98 Å². The largest absolute Gasteiger partial charge is 0.331 e. The summed E-state index contributed by atoms with van der Waals surface area (Å²) in [5.41, 5.74) is 1.35. The van der Waals surface area contributed by atoms with Crippen LogP contribution in [0.15, 0.2) is 12.5 Å². The van der Waals surface area contributed by atoms with Gasteiger partial charge in [-0.1, -0.05) is 0 Å². The molecule has 2 fully saturated rings. The van der Waals surface area contributed by atoms with Crippen LogP contribution in [-0.4, -0.2) is 77.1 Å². The Kier molecular flexibility index (Phi) is 5.72. The van der Waals surface area contributed by atoms with Crippen LogP contribution in [0.2, 0.25) is 0 Å². The van der Waals surface area contributed by atoms with E-state index < -0.39 is 0 Å². The summed E-state index contributed by atoms with van der Waals surface area (Å²) < 4.78 is 2.30. The van der Waals surface area contributed by atoms with Gasteiger partial charge in [-0.3, -0.25) is 4.90 Å². The van der Waals surface area contributed by atoms with Crippen LogP contribution < -0.4 is 0 Å². The van der Waals surface area contributed by atoms with Gasteiger partial charge in [0.15, 0.2) is 0 Å². The van der Waals surface area contributed by atoms with E-state index in [0.717, 1.165) is 12.5 Å². The van der Waals surface area contributed by atoms with Crippen molar-refractivity contribution in [3.05, 3.63) is 18.2 Å². The van der Waals surface area contributed by atoms with Crippen LogP contribution in [0.4, 0.5) is 0 Å². The minimum atomic E-state index is 0.498. The average molecular weight is 319 g/mol. The molecule has 0 radical (unpaired) electrons. The van der Waals surface area contributed by atoms with Gasteiger partial charge in [0.1, 0.15) is 0 Å². The maximum Gasteiger partial charge on any atom is 0.0951 e. The molecule has 23 heavy (non-hydrogen) atoms. The first-order valence-corrected chi connectivity index (χ1v) is 9.26. The lowest BCUT2D eigenvalue weighted by Gasteiger charge is -2.38. The number of nitrogens with zero attached hydrogens (tertiary/aromatic N) is 5. The summed E-state index contributed by atoms with van der Waals surface area (Å²) in [6.07, 6.45) is 6.76. The third kappa shape index (κ3) is 4.55. The van der Waals surface area contributed by atoms with Crippen LogP contribution in [0.25, 0.3) is 0 Å². The fraction of sp³-hybridized carbons (Fsp3) is 0.833. The van der Waals surface area contributed by atoms with Crippen LogP contribution in [0.5, 0.6) is 0 Å². The summed E-state index contributed by atoms with van der Waals surface area (Å²) in [5, 5.41) is 0. The summed E-state index contributed by atoms with van der Waals surface area (Å²) in [6, 6.07) is 0.498. The molecule has 2 aliphatic heterocycles. The van der Waals surface area contributed by atoms with Crippen molar-refractivity contribution in [1.29, 1.82) is 0 Å². The van der Waals surface area contributed by atoms with E-state index in [9.17, 15) is 0 Å². The predicted octanol–water partition coefficient (Wildman–Crippen LogP) is 1.92. The second-order valence-electron chi connectivity index (χ2n) is 7.71. The van der Waals surface area contributed by atoms with E-state index >= 15 is 0 Å². The second-order valence-corrected chi connectivity index (χ2v) is 7.71. The van der Waals surface area contributed by atoms with Gasteiger partial charge in [0.25, 0.3) is 0 Å². The zero-order chi connectivity index (χ0) is 16.2. The molecule has 1 aromatic heterocycles. The molecule has 0 N–H and O–H groups in total. The van der Waals surface area contributed by atoms with Gasteiger partial charge in [-0.2, -0.15) is 0 Å². The van der Waals surface area contributed by atoms with Gasteiger partial charge in [-0.15, -0.1) is 0 Å². The number of hydrogen-bond donors (Lipinski definition) is 0. The minimum absolute atomic E-state index is 0.498. The van der Waals surface area contributed by atoms with E-state index in [4.69, 9.17) is 0 Å². The summed E-state index contributed by atoms with van der Waals surface area (Å²) in [7, 11) is 2.25. The van der Waals surface area contributed by atoms with Gasteiger partial charge in [-0.05, 0) is 52.7 Å². The summed E-state index contributed by atoms with van der Waals surface area (Å²) in [5.74, 6) is 0.917. The zero-order valence-electron chi connectivity index (χ0n) is 15.1. The molecule has 0 aliphatic carbocycles. The lowest BCUT2D eigenvalue weighted by molar-refractivity contribution is 0.0950. The lowest BCUT2D eigenvalue weighted by atomic mass is 9.96. The number of likely N-dealkylation sites (tertiary alicyclic amines) is 1. The lowest BCUT2D eigenvalue weighted by Crippen LogP contribution is -2.48. The molecule has 2 aliphatic rings. The highest BCUT2D eigenvalue weighted by Crippen LogP contribution is 2.19. The Morgan fingerprint density at radius 2 is 1.70 bits per heavy atom. The summed E-state index contributed by atoms with van der Waals surface area (Å²) >= 11 is 0. The molecule has 0 bridgehead atoms. The predicted molar refractivity (Wildman–Crippen MR) is 94.6 cm³/mol. The first kappa shape index (κ1) is 16.9. The van der Waals surface area contributed by atoms with Crippen LogP contribution in [0, 0.1) is 5.92 Å². The number of imidazole rings is 1. The highest BCUT2D eigenvalue weighted by Gasteiger charge is 2.23. The topological polar surface area (TPSA) is 27.5 Å². The van der Waals surface area contributed by atoms with Crippen molar-refractivity contribution in [2.24, 2.45) is 5.92 Å². The number of aromatic nitrogens is 2. The third-order valence-electron chi connectivity index (χ3n) is 5.51. The highest BCUT2D eigenvalue weighted by atomic mass is 15.3. The van der Waals surface area contributed by atoms with Crippen LogP contribution >= 0.6 is 0 Å². The maximum absolute atomic E-state index is 4.33. The Hall–Kier alpha value is -0.910. The van der Waals surface area contributed by atoms with Crippen molar-refractivity contribution in [1.82, 2.24) is 24.3 Å². The number of piperazine rings is 1. The van der Waals surface area contributed by atoms with E-state index in [0.29, 0.717) is 6.04 Å². The average Bonchev–Trinajstić information content (AvgIpc) is 3.00. The van der Waals surface area contributed by atoms with E-state index in [1.54, 1.807) is 0 Å². The first-order chi connectivity index (χ1) is 11.1. The van der Waals surface area contributed by atoms with Crippen LogP contribution in [0.3, 0.4) is 0 Å². The molecule has 0 spiro atoms. The Labute approximate surface area is 141 Å². The molecule has 0 amide bonds. The second kappa shape index (κ2) is 7.77. The molecule has 0 saturated carbocycles. The fourth-order valence-corrected chi connectivity index (χ4v) is 3.89. The molecule has 130 valence electrons. The Balaban J connectivity index is 1.42. The summed E-state index contributed by atoms with van der Waals surface area (Å²) in [4.78, 5) is 12.1. The number of piperidine rings is 1. The Morgan fingerprint density at radius 1 is 1.04 bits per heavy atom. The molecule has 1 aromatic rings. The van der Waals surface area contributed by atoms with Crippen molar-refractivity contribution in [2.75, 3.05) is 52.9 Å². The Morgan fingerprint density at radius 3 is 2.35 bits per heavy atom. The zero-order valence-corrected chi connectivity index (χ0v) is 15.1. The van der Waals surface area contributed by atoms with Gasteiger partial charge in [0.2, 0.25) is 0 Å². The smallest absolute Gasteiger partial charge is 0.0951 e. The van der Waals surface area contributed by atoms with Crippen LogP contribution in [-0.2, 0) is 6.54 Å². The van der Waals surface area contributed by atoms with Gasteiger partial charge < -0.3 is 14.4 Å². The molecule has 0 unspecified atom stereocenters. The van der Waals surface area contributed by atoms with Crippen molar-refractivity contribution in [3.8, 4) is 0 Å². The van der Waals surface area contributed by atoms with Crippen molar-refractivity contribution >= 4 is 0 Å². The first-order valence-electron chi connectivity index (χ1n) is 9.26. The molecule has 3 heterocycles. The standard InChI is InChI=1S/C18H33N5/c1-16(2)23-15-19-12-18(23)14-22-10-8-21(9-11-22)13-17-4-6-20(3)7-5-17/h12,15-17H,4-11,13-14H2,1-3H3. The summed E-state index contributed by atoms with van der Waals surface area (Å²) in [6.45, 7) is 14.2. The highest BCUT2D eigenvalue weighted by molar-refractivity contribution is 5.00. The SMILES string of the molecule is CC(C)n1cncc1CN1CCN(CC2CCN(C)CC2)CC1. The third-order valence-corrected chi connectivity index (χ3v) is 5.51. The van der Waals surface area contributed by atoms with Crippen LogP contribution in [0.1, 0.15) is 38.4 Å². The van der Waals surface area contributed by atoms with E-state index in [1.807, 2.05) is 12.5 Å². The molecular formula is C18H33N5. The normalized spacial score (nSPS) is 23.0. The van der Waals surface area contributed by atoms with E-state index in [1.165, 1.54) is 64.3 Å². The molecule has 3 rings (SSSR count). The number of hydrogen-bond acceptors (Lipinski definition) is 4. The molecule has 2 saturated heterocycles. The van der Waals surface area contributed by atoms with Gasteiger partial charge >= 0.3 is 0 Å². The van der Waals surface area contributed by atoms with Crippen molar-refractivity contribution in [2.45, 2.75) is 39.3 Å². The van der Waals surface area contributed by atoms with Gasteiger partial charge in [0.05, 0.1) is 12.0 Å². The minimum Gasteiger partial charge on any atom is -0.331 e. The monoisotopic (exact) mass is 319 g/mol. The Bertz CT molecular complexity index is 468. The van der Waals surface area contributed by atoms with Crippen molar-refractivity contribution < 1.29 is 0 Å². The molecule has 0 atom stereocenters. The molecular weight excluding hydrogens is 286 g/mol. The maximum atomic E-state index is 4.33. The molecule has 5 heteroatoms. The van der Waals surface area contributed by atoms with Gasteiger partial charge in [0, 0.05) is 51.5 Å². The quantitative estimate of drug-likeness (QED) is 0.829. The number of rotatable bonds is 5. The van der Waals surface area contributed by atoms with E-state index in [2.05, 4.69) is 45.1 Å². The van der Waals surface area contributed by atoms with Crippen molar-refractivity contribution in [3.63, 3.8) is 0 Å². The molecule has 0 aromatic carbocycles. The fourth-order valence-electron chi connectivity index (χ4n) is 3.89. The van der Waals surface area contributed by atoms with E-state index in [-0.39, 0.29) is 0 Å². The molecule has 5 nitrogen and oxygen atoms in total.